The zero-order valence-corrected chi connectivity index (χ0v) is 11.6. The molecule has 0 aromatic heterocycles. The fourth-order valence-corrected chi connectivity index (χ4v) is 1.91. The molecule has 0 atom stereocenters. The maximum atomic E-state index is 12.9. The molecule has 5 heteroatoms. The summed E-state index contributed by atoms with van der Waals surface area (Å²) >= 11 is 3.35. The first-order valence-corrected chi connectivity index (χ1v) is 6.52. The highest BCUT2D eigenvalue weighted by Gasteiger charge is 2.01. The molecule has 0 heterocycles. The molecule has 0 unspecified atom stereocenters. The normalized spacial score (nSPS) is 10.3. The first kappa shape index (κ1) is 13.8. The van der Waals surface area contributed by atoms with Gasteiger partial charge in [-0.2, -0.15) is 0 Å². The Balaban J connectivity index is 1.79. The van der Waals surface area contributed by atoms with E-state index in [2.05, 4.69) is 21.2 Å². The summed E-state index contributed by atoms with van der Waals surface area (Å²) in [6.07, 6.45) is 0. The van der Waals surface area contributed by atoms with E-state index >= 15 is 0 Å². The van der Waals surface area contributed by atoms with Crippen LogP contribution in [0.15, 0.2) is 46.9 Å². The predicted molar refractivity (Wildman–Crippen MR) is 74.5 cm³/mol. The van der Waals surface area contributed by atoms with Gasteiger partial charge in [0, 0.05) is 22.8 Å². The monoisotopic (exact) mass is 327 g/mol. The van der Waals surface area contributed by atoms with Crippen molar-refractivity contribution in [2.75, 3.05) is 18.5 Å². The molecule has 0 fully saturated rings. The van der Waals surface area contributed by atoms with Gasteiger partial charge in [-0.05, 0) is 30.3 Å². The molecule has 0 saturated heterocycles. The van der Waals surface area contributed by atoms with E-state index in [-0.39, 0.29) is 0 Å². The van der Waals surface area contributed by atoms with Gasteiger partial charge in [0.25, 0.3) is 0 Å². The van der Waals surface area contributed by atoms with E-state index in [1.54, 1.807) is 0 Å². The van der Waals surface area contributed by atoms with E-state index in [4.69, 9.17) is 4.74 Å². The standard InChI is InChI=1S/C14H12BrF2NO/c15-10-2-1-3-12(8-10)19-7-6-18-11-4-5-13(16)14(17)9-11/h1-5,8-9,18H,6-7H2. The first-order chi connectivity index (χ1) is 9.15. The molecule has 100 valence electrons. The van der Waals surface area contributed by atoms with Crippen LogP contribution in [0.4, 0.5) is 14.5 Å². The molecule has 2 nitrogen and oxygen atoms in total. The number of rotatable bonds is 5. The number of nitrogens with one attached hydrogen (secondary N) is 1. The summed E-state index contributed by atoms with van der Waals surface area (Å²) in [5.74, 6) is -0.963. The van der Waals surface area contributed by atoms with Gasteiger partial charge in [0.05, 0.1) is 0 Å². The molecule has 2 aromatic carbocycles. The Morgan fingerprint density at radius 1 is 1.05 bits per heavy atom. The highest BCUT2D eigenvalue weighted by atomic mass is 79.9. The second-order valence-electron chi connectivity index (χ2n) is 3.86. The van der Waals surface area contributed by atoms with Crippen molar-refractivity contribution in [2.45, 2.75) is 0 Å². The topological polar surface area (TPSA) is 21.3 Å². The van der Waals surface area contributed by atoms with Crippen LogP contribution in [-0.2, 0) is 0 Å². The number of benzene rings is 2. The first-order valence-electron chi connectivity index (χ1n) is 5.72. The summed E-state index contributed by atoms with van der Waals surface area (Å²) < 4.78 is 32.1. The van der Waals surface area contributed by atoms with E-state index in [0.29, 0.717) is 18.8 Å². The Bertz CT molecular complexity index is 563. The summed E-state index contributed by atoms with van der Waals surface area (Å²) in [6, 6.07) is 11.2. The van der Waals surface area contributed by atoms with Gasteiger partial charge in [-0.25, -0.2) is 8.78 Å². The summed E-state index contributed by atoms with van der Waals surface area (Å²) in [6.45, 7) is 0.924. The van der Waals surface area contributed by atoms with Gasteiger partial charge in [-0.3, -0.25) is 0 Å². The van der Waals surface area contributed by atoms with Crippen molar-refractivity contribution in [3.8, 4) is 5.75 Å². The predicted octanol–water partition coefficient (Wildman–Crippen LogP) is 4.22. The Hall–Kier alpha value is -1.62. The highest BCUT2D eigenvalue weighted by molar-refractivity contribution is 9.10. The van der Waals surface area contributed by atoms with Crippen LogP contribution in [0.25, 0.3) is 0 Å². The van der Waals surface area contributed by atoms with Crippen molar-refractivity contribution in [2.24, 2.45) is 0 Å². The van der Waals surface area contributed by atoms with E-state index in [0.717, 1.165) is 22.4 Å². The summed E-state index contributed by atoms with van der Waals surface area (Å²) in [7, 11) is 0. The fourth-order valence-electron chi connectivity index (χ4n) is 1.53. The molecule has 0 radical (unpaired) electrons. The lowest BCUT2D eigenvalue weighted by Crippen LogP contribution is -2.11. The van der Waals surface area contributed by atoms with Gasteiger partial charge in [-0.1, -0.05) is 22.0 Å². The molecule has 0 bridgehead atoms. The largest absolute Gasteiger partial charge is 0.492 e. The van der Waals surface area contributed by atoms with Crippen molar-refractivity contribution in [3.05, 3.63) is 58.6 Å². The quantitative estimate of drug-likeness (QED) is 0.830. The molecule has 1 N–H and O–H groups in total. The van der Waals surface area contributed by atoms with E-state index in [1.807, 2.05) is 24.3 Å². The van der Waals surface area contributed by atoms with Crippen molar-refractivity contribution < 1.29 is 13.5 Å². The second-order valence-corrected chi connectivity index (χ2v) is 4.78. The zero-order chi connectivity index (χ0) is 13.7. The van der Waals surface area contributed by atoms with Crippen molar-refractivity contribution in [1.82, 2.24) is 0 Å². The third-order valence-corrected chi connectivity index (χ3v) is 2.91. The van der Waals surface area contributed by atoms with Crippen LogP contribution in [0, 0.1) is 11.6 Å². The summed E-state index contributed by atoms with van der Waals surface area (Å²) in [5.41, 5.74) is 0.525. The van der Waals surface area contributed by atoms with Gasteiger partial charge in [0.1, 0.15) is 12.4 Å². The molecule has 0 aliphatic rings. The highest BCUT2D eigenvalue weighted by Crippen LogP contribution is 2.17. The van der Waals surface area contributed by atoms with Crippen molar-refractivity contribution >= 4 is 21.6 Å². The molecule has 2 rings (SSSR count). The zero-order valence-electron chi connectivity index (χ0n) is 10.00. The Kier molecular flexibility index (Phi) is 4.74. The van der Waals surface area contributed by atoms with E-state index < -0.39 is 11.6 Å². The molecule has 0 aliphatic heterocycles. The maximum Gasteiger partial charge on any atom is 0.160 e. The molecular weight excluding hydrogens is 316 g/mol. The lowest BCUT2D eigenvalue weighted by atomic mass is 10.3. The Morgan fingerprint density at radius 2 is 1.89 bits per heavy atom. The third-order valence-electron chi connectivity index (χ3n) is 2.42. The van der Waals surface area contributed by atoms with Crippen molar-refractivity contribution in [1.29, 1.82) is 0 Å². The van der Waals surface area contributed by atoms with E-state index in [1.165, 1.54) is 6.07 Å². The minimum Gasteiger partial charge on any atom is -0.492 e. The minimum absolute atomic E-state index is 0.426. The number of hydrogen-bond donors (Lipinski definition) is 1. The lowest BCUT2D eigenvalue weighted by Gasteiger charge is -2.09. The van der Waals surface area contributed by atoms with Crippen molar-refractivity contribution in [3.63, 3.8) is 0 Å². The number of anilines is 1. The molecule has 0 aliphatic carbocycles. The van der Waals surface area contributed by atoms with Crippen LogP contribution in [0.1, 0.15) is 0 Å². The number of halogens is 3. The van der Waals surface area contributed by atoms with Crippen LogP contribution >= 0.6 is 15.9 Å². The number of hydrogen-bond acceptors (Lipinski definition) is 2. The van der Waals surface area contributed by atoms with E-state index in [9.17, 15) is 8.78 Å². The van der Waals surface area contributed by atoms with Gasteiger partial charge in [0.15, 0.2) is 11.6 Å². The lowest BCUT2D eigenvalue weighted by molar-refractivity contribution is 0.332. The van der Waals surface area contributed by atoms with Gasteiger partial charge in [0.2, 0.25) is 0 Å². The van der Waals surface area contributed by atoms with Crippen LogP contribution in [0.5, 0.6) is 5.75 Å². The molecule has 0 amide bonds. The van der Waals surface area contributed by atoms with Crippen LogP contribution in [0.2, 0.25) is 0 Å². The van der Waals surface area contributed by atoms with Crippen LogP contribution < -0.4 is 10.1 Å². The average Bonchev–Trinajstić information content (AvgIpc) is 2.39. The Labute approximate surface area is 118 Å². The van der Waals surface area contributed by atoms with Crippen LogP contribution in [-0.4, -0.2) is 13.2 Å². The number of ether oxygens (including phenoxy) is 1. The molecular formula is C14H12BrF2NO. The second kappa shape index (κ2) is 6.52. The van der Waals surface area contributed by atoms with Gasteiger partial charge >= 0.3 is 0 Å². The summed E-state index contributed by atoms with van der Waals surface area (Å²) in [4.78, 5) is 0. The third kappa shape index (κ3) is 4.21. The molecule has 19 heavy (non-hydrogen) atoms. The SMILES string of the molecule is Fc1ccc(NCCOc2cccc(Br)c2)cc1F. The summed E-state index contributed by atoms with van der Waals surface area (Å²) in [5, 5.41) is 2.95. The van der Waals surface area contributed by atoms with Gasteiger partial charge < -0.3 is 10.1 Å². The minimum atomic E-state index is -0.863. The smallest absolute Gasteiger partial charge is 0.160 e. The average molecular weight is 328 g/mol. The molecule has 0 saturated carbocycles. The maximum absolute atomic E-state index is 12.9. The fraction of sp³-hybridized carbons (Fsp3) is 0.143. The van der Waals surface area contributed by atoms with Crippen LogP contribution in [0.3, 0.4) is 0 Å². The molecule has 0 spiro atoms. The molecule has 2 aromatic rings. The Morgan fingerprint density at radius 3 is 2.63 bits per heavy atom. The van der Waals surface area contributed by atoms with Gasteiger partial charge in [-0.15, -0.1) is 0 Å².